The number of hydrogen-bond acceptors (Lipinski definition) is 2. The molecule has 0 spiro atoms. The summed E-state index contributed by atoms with van der Waals surface area (Å²) in [6.07, 6.45) is 0.551. The number of aliphatic hydroxyl groups excluding tert-OH is 1. The third-order valence-electron chi connectivity index (χ3n) is 1.46. The van der Waals surface area contributed by atoms with Gasteiger partial charge in [0, 0.05) is 19.1 Å². The Kier molecular flexibility index (Phi) is 3.99. The molecule has 1 aromatic carbocycles. The molecule has 1 aromatic rings. The Hall–Kier alpha value is -0.800. The fraction of sp³-hybridized carbons (Fsp3) is 0.333. The zero-order valence-corrected chi connectivity index (χ0v) is 7.72. The molecule has 72 valence electrons. The Morgan fingerprint density at radius 3 is 2.85 bits per heavy atom. The van der Waals surface area contributed by atoms with Gasteiger partial charge >= 0.3 is 0 Å². The Morgan fingerprint density at radius 2 is 2.23 bits per heavy atom. The summed E-state index contributed by atoms with van der Waals surface area (Å²) in [4.78, 5) is 0. The molecule has 0 bridgehead atoms. The molecule has 0 fully saturated rings. The Bertz CT molecular complexity index is 278. The number of benzene rings is 1. The van der Waals surface area contributed by atoms with Crippen molar-refractivity contribution in [3.63, 3.8) is 0 Å². The quantitative estimate of drug-likeness (QED) is 0.763. The van der Waals surface area contributed by atoms with E-state index in [-0.39, 0.29) is 11.6 Å². The fourth-order valence-electron chi connectivity index (χ4n) is 0.821. The summed E-state index contributed by atoms with van der Waals surface area (Å²) in [6, 6.07) is 4.16. The summed E-state index contributed by atoms with van der Waals surface area (Å²) < 4.78 is 17.8. The van der Waals surface area contributed by atoms with Crippen LogP contribution in [-0.4, -0.2) is 18.3 Å². The second-order valence-electron chi connectivity index (χ2n) is 2.50. The van der Waals surface area contributed by atoms with Crippen LogP contribution in [0.1, 0.15) is 6.42 Å². The molecule has 0 aliphatic heterocycles. The van der Waals surface area contributed by atoms with E-state index in [0.717, 1.165) is 0 Å². The van der Waals surface area contributed by atoms with Crippen LogP contribution in [0.25, 0.3) is 0 Å². The maximum absolute atomic E-state index is 12.7. The van der Waals surface area contributed by atoms with Gasteiger partial charge in [-0.25, -0.2) is 4.39 Å². The minimum absolute atomic E-state index is 0.0431. The van der Waals surface area contributed by atoms with Gasteiger partial charge in [0.05, 0.1) is 11.6 Å². The van der Waals surface area contributed by atoms with Crippen LogP contribution in [0.5, 0.6) is 5.75 Å². The van der Waals surface area contributed by atoms with Crippen LogP contribution in [0.15, 0.2) is 18.2 Å². The molecule has 0 atom stereocenters. The first-order valence-electron chi connectivity index (χ1n) is 3.93. The third kappa shape index (κ3) is 3.20. The number of halogens is 2. The van der Waals surface area contributed by atoms with E-state index >= 15 is 0 Å². The minimum atomic E-state index is -0.462. The van der Waals surface area contributed by atoms with Crippen molar-refractivity contribution in [2.24, 2.45) is 0 Å². The van der Waals surface area contributed by atoms with E-state index in [9.17, 15) is 4.39 Å². The number of hydrogen-bond donors (Lipinski definition) is 1. The van der Waals surface area contributed by atoms with Crippen molar-refractivity contribution in [1.82, 2.24) is 0 Å². The van der Waals surface area contributed by atoms with Gasteiger partial charge in [-0.2, -0.15) is 0 Å². The van der Waals surface area contributed by atoms with Gasteiger partial charge in [-0.3, -0.25) is 0 Å². The molecule has 0 saturated carbocycles. The fourth-order valence-corrected chi connectivity index (χ4v) is 0.992. The van der Waals surface area contributed by atoms with Gasteiger partial charge < -0.3 is 9.84 Å². The molecule has 0 aliphatic carbocycles. The highest BCUT2D eigenvalue weighted by Crippen LogP contribution is 2.20. The standard InChI is InChI=1S/C9H10ClFO2/c10-8-6-7(2-3-9(8)11)13-5-1-4-12/h2-3,6,12H,1,4-5H2. The molecule has 0 unspecified atom stereocenters. The second kappa shape index (κ2) is 5.04. The Balaban J connectivity index is 2.53. The summed E-state index contributed by atoms with van der Waals surface area (Å²) in [7, 11) is 0. The maximum atomic E-state index is 12.7. The van der Waals surface area contributed by atoms with Gasteiger partial charge in [0.15, 0.2) is 0 Å². The van der Waals surface area contributed by atoms with E-state index < -0.39 is 5.82 Å². The molecular weight excluding hydrogens is 195 g/mol. The highest BCUT2D eigenvalue weighted by Gasteiger charge is 2.00. The summed E-state index contributed by atoms with van der Waals surface area (Å²) >= 11 is 5.52. The molecule has 0 aliphatic rings. The van der Waals surface area contributed by atoms with Gasteiger partial charge in [-0.15, -0.1) is 0 Å². The van der Waals surface area contributed by atoms with E-state index in [2.05, 4.69) is 0 Å². The van der Waals surface area contributed by atoms with Crippen LogP contribution >= 0.6 is 11.6 Å². The largest absolute Gasteiger partial charge is 0.493 e. The first kappa shape index (κ1) is 10.3. The summed E-state index contributed by atoms with van der Waals surface area (Å²) in [6.45, 7) is 0.480. The van der Waals surface area contributed by atoms with E-state index in [1.807, 2.05) is 0 Å². The van der Waals surface area contributed by atoms with E-state index in [1.54, 1.807) is 0 Å². The van der Waals surface area contributed by atoms with E-state index in [1.165, 1.54) is 18.2 Å². The molecule has 13 heavy (non-hydrogen) atoms. The normalized spacial score (nSPS) is 10.1. The predicted molar refractivity (Wildman–Crippen MR) is 48.6 cm³/mol. The van der Waals surface area contributed by atoms with Crippen molar-refractivity contribution in [1.29, 1.82) is 0 Å². The maximum Gasteiger partial charge on any atom is 0.142 e. The highest BCUT2D eigenvalue weighted by molar-refractivity contribution is 6.30. The zero-order chi connectivity index (χ0) is 9.68. The average molecular weight is 205 g/mol. The van der Waals surface area contributed by atoms with Gasteiger partial charge in [-0.05, 0) is 12.1 Å². The first-order chi connectivity index (χ1) is 6.24. The highest BCUT2D eigenvalue weighted by atomic mass is 35.5. The van der Waals surface area contributed by atoms with E-state index in [4.69, 9.17) is 21.4 Å². The van der Waals surface area contributed by atoms with Gasteiger partial charge in [0.1, 0.15) is 11.6 Å². The molecule has 0 aromatic heterocycles. The SMILES string of the molecule is OCCCOc1ccc(F)c(Cl)c1. The Labute approximate surface area is 80.9 Å². The first-order valence-corrected chi connectivity index (χ1v) is 4.30. The van der Waals surface area contributed by atoms with Crippen LogP contribution in [-0.2, 0) is 0 Å². The van der Waals surface area contributed by atoms with Crippen molar-refractivity contribution in [3.8, 4) is 5.75 Å². The number of rotatable bonds is 4. The van der Waals surface area contributed by atoms with Crippen LogP contribution in [0.4, 0.5) is 4.39 Å². The third-order valence-corrected chi connectivity index (χ3v) is 1.75. The van der Waals surface area contributed by atoms with Crippen LogP contribution in [0, 0.1) is 5.82 Å². The van der Waals surface area contributed by atoms with Crippen molar-refractivity contribution in [2.75, 3.05) is 13.2 Å². The smallest absolute Gasteiger partial charge is 0.142 e. The van der Waals surface area contributed by atoms with Gasteiger partial charge in [-0.1, -0.05) is 11.6 Å². The monoisotopic (exact) mass is 204 g/mol. The molecule has 4 heteroatoms. The molecule has 2 nitrogen and oxygen atoms in total. The second-order valence-corrected chi connectivity index (χ2v) is 2.91. The molecule has 1 rings (SSSR count). The number of ether oxygens (including phenoxy) is 1. The van der Waals surface area contributed by atoms with Crippen molar-refractivity contribution >= 4 is 11.6 Å². The van der Waals surface area contributed by atoms with E-state index in [0.29, 0.717) is 18.8 Å². The molecular formula is C9H10ClFO2. The lowest BCUT2D eigenvalue weighted by atomic mass is 10.3. The predicted octanol–water partition coefficient (Wildman–Crippen LogP) is 2.24. The number of aliphatic hydroxyl groups is 1. The zero-order valence-electron chi connectivity index (χ0n) is 6.96. The molecule has 0 saturated heterocycles. The van der Waals surface area contributed by atoms with Crippen molar-refractivity contribution in [2.45, 2.75) is 6.42 Å². The topological polar surface area (TPSA) is 29.5 Å². The molecule has 0 amide bonds. The molecule has 0 heterocycles. The van der Waals surface area contributed by atoms with Crippen molar-refractivity contribution < 1.29 is 14.2 Å². The average Bonchev–Trinajstić information content (AvgIpc) is 2.12. The summed E-state index contributed by atoms with van der Waals surface area (Å²) in [5.41, 5.74) is 0. The van der Waals surface area contributed by atoms with Gasteiger partial charge in [0.2, 0.25) is 0 Å². The van der Waals surface area contributed by atoms with Crippen LogP contribution < -0.4 is 4.74 Å². The summed E-state index contributed by atoms with van der Waals surface area (Å²) in [5, 5.41) is 8.52. The lowest BCUT2D eigenvalue weighted by molar-refractivity contribution is 0.233. The molecule has 0 radical (unpaired) electrons. The lowest BCUT2D eigenvalue weighted by Crippen LogP contribution is -1.99. The van der Waals surface area contributed by atoms with Gasteiger partial charge in [0.25, 0.3) is 0 Å². The minimum Gasteiger partial charge on any atom is -0.493 e. The Morgan fingerprint density at radius 1 is 1.46 bits per heavy atom. The lowest BCUT2D eigenvalue weighted by Gasteiger charge is -2.04. The van der Waals surface area contributed by atoms with Crippen molar-refractivity contribution in [3.05, 3.63) is 29.0 Å². The van der Waals surface area contributed by atoms with Crippen LogP contribution in [0.2, 0.25) is 5.02 Å². The van der Waals surface area contributed by atoms with Crippen LogP contribution in [0.3, 0.4) is 0 Å². The summed E-state index contributed by atoms with van der Waals surface area (Å²) in [5.74, 6) is 0.0519. The molecule has 1 N–H and O–H groups in total.